The molecule has 19 heavy (non-hydrogen) atoms. The van der Waals surface area contributed by atoms with Crippen molar-refractivity contribution in [1.29, 1.82) is 0 Å². The molecule has 2 aromatic rings. The first-order valence-corrected chi connectivity index (χ1v) is 7.81. The SMILES string of the molecule is Clc1ccc(-c2nnc(SC3CCCC3)o2)c(Cl)c1. The first-order valence-electron chi connectivity index (χ1n) is 6.18. The maximum absolute atomic E-state index is 6.12. The van der Waals surface area contributed by atoms with Crippen molar-refractivity contribution in [2.45, 2.75) is 36.2 Å². The number of nitrogens with zero attached hydrogens (tertiary/aromatic N) is 2. The van der Waals surface area contributed by atoms with Crippen LogP contribution in [0.25, 0.3) is 11.5 Å². The van der Waals surface area contributed by atoms with Gasteiger partial charge in [-0.25, -0.2) is 0 Å². The molecule has 1 aromatic carbocycles. The average molecular weight is 315 g/mol. The van der Waals surface area contributed by atoms with Crippen molar-refractivity contribution in [3.8, 4) is 11.5 Å². The van der Waals surface area contributed by atoms with Gasteiger partial charge in [-0.15, -0.1) is 10.2 Å². The van der Waals surface area contributed by atoms with E-state index in [-0.39, 0.29) is 0 Å². The van der Waals surface area contributed by atoms with Crippen molar-refractivity contribution in [3.63, 3.8) is 0 Å². The van der Waals surface area contributed by atoms with Gasteiger partial charge >= 0.3 is 0 Å². The molecule has 0 N–H and O–H groups in total. The van der Waals surface area contributed by atoms with E-state index in [1.165, 1.54) is 25.7 Å². The quantitative estimate of drug-likeness (QED) is 0.792. The summed E-state index contributed by atoms with van der Waals surface area (Å²) < 4.78 is 5.67. The van der Waals surface area contributed by atoms with E-state index in [1.54, 1.807) is 30.0 Å². The van der Waals surface area contributed by atoms with E-state index >= 15 is 0 Å². The molecule has 100 valence electrons. The molecule has 0 saturated heterocycles. The summed E-state index contributed by atoms with van der Waals surface area (Å²) in [5.41, 5.74) is 0.719. The van der Waals surface area contributed by atoms with Crippen LogP contribution in [0.2, 0.25) is 10.0 Å². The maximum Gasteiger partial charge on any atom is 0.277 e. The molecule has 1 fully saturated rings. The molecule has 0 radical (unpaired) electrons. The fourth-order valence-corrected chi connectivity index (χ4v) is 3.74. The van der Waals surface area contributed by atoms with E-state index in [9.17, 15) is 0 Å². The van der Waals surface area contributed by atoms with Gasteiger partial charge in [-0.2, -0.15) is 0 Å². The molecule has 1 aliphatic carbocycles. The molecule has 3 rings (SSSR count). The highest BCUT2D eigenvalue weighted by atomic mass is 35.5. The minimum Gasteiger partial charge on any atom is -0.411 e. The predicted molar refractivity (Wildman–Crippen MR) is 77.9 cm³/mol. The number of halogens is 2. The van der Waals surface area contributed by atoms with Crippen LogP contribution in [0.3, 0.4) is 0 Å². The Morgan fingerprint density at radius 1 is 1.16 bits per heavy atom. The Bertz CT molecular complexity index is 582. The Kier molecular flexibility index (Phi) is 4.01. The molecule has 0 bridgehead atoms. The van der Waals surface area contributed by atoms with Crippen LogP contribution in [-0.4, -0.2) is 15.4 Å². The summed E-state index contributed by atoms with van der Waals surface area (Å²) in [6.45, 7) is 0. The second kappa shape index (κ2) is 5.73. The molecule has 6 heteroatoms. The molecule has 1 heterocycles. The van der Waals surface area contributed by atoms with Gasteiger partial charge in [-0.05, 0) is 31.0 Å². The summed E-state index contributed by atoms with van der Waals surface area (Å²) in [5, 5.41) is 10.5. The van der Waals surface area contributed by atoms with Gasteiger partial charge in [0.2, 0.25) is 5.89 Å². The van der Waals surface area contributed by atoms with Gasteiger partial charge in [-0.3, -0.25) is 0 Å². The minimum atomic E-state index is 0.446. The lowest BCUT2D eigenvalue weighted by atomic mass is 10.2. The molecule has 0 unspecified atom stereocenters. The van der Waals surface area contributed by atoms with Gasteiger partial charge in [0.1, 0.15) is 0 Å². The van der Waals surface area contributed by atoms with Crippen LogP contribution in [-0.2, 0) is 0 Å². The lowest BCUT2D eigenvalue weighted by Crippen LogP contribution is -1.92. The average Bonchev–Trinajstić information content (AvgIpc) is 3.01. The molecule has 1 aromatic heterocycles. The molecular formula is C13H12Cl2N2OS. The molecular weight excluding hydrogens is 303 g/mol. The second-order valence-electron chi connectivity index (χ2n) is 4.52. The monoisotopic (exact) mass is 314 g/mol. The van der Waals surface area contributed by atoms with Crippen molar-refractivity contribution in [2.24, 2.45) is 0 Å². The summed E-state index contributed by atoms with van der Waals surface area (Å²) in [7, 11) is 0. The first-order chi connectivity index (χ1) is 9.22. The minimum absolute atomic E-state index is 0.446. The number of hydrogen-bond acceptors (Lipinski definition) is 4. The first kappa shape index (κ1) is 13.3. The Balaban J connectivity index is 1.80. The van der Waals surface area contributed by atoms with Crippen molar-refractivity contribution >= 4 is 35.0 Å². The zero-order valence-electron chi connectivity index (χ0n) is 10.1. The highest BCUT2D eigenvalue weighted by Crippen LogP contribution is 2.36. The van der Waals surface area contributed by atoms with Gasteiger partial charge in [-0.1, -0.05) is 47.8 Å². The second-order valence-corrected chi connectivity index (χ2v) is 6.62. The van der Waals surface area contributed by atoms with Gasteiger partial charge < -0.3 is 4.42 Å². The van der Waals surface area contributed by atoms with Crippen molar-refractivity contribution in [3.05, 3.63) is 28.2 Å². The molecule has 0 aliphatic heterocycles. The fourth-order valence-electron chi connectivity index (χ4n) is 2.18. The van der Waals surface area contributed by atoms with Crippen LogP contribution < -0.4 is 0 Å². The third kappa shape index (κ3) is 3.07. The molecule has 1 saturated carbocycles. The van der Waals surface area contributed by atoms with Crippen LogP contribution in [0.4, 0.5) is 0 Å². The number of thioether (sulfide) groups is 1. The lowest BCUT2D eigenvalue weighted by Gasteiger charge is -2.03. The van der Waals surface area contributed by atoms with E-state index in [4.69, 9.17) is 27.6 Å². The largest absolute Gasteiger partial charge is 0.411 e. The summed E-state index contributed by atoms with van der Waals surface area (Å²) >= 11 is 13.7. The summed E-state index contributed by atoms with van der Waals surface area (Å²) in [4.78, 5) is 0. The van der Waals surface area contributed by atoms with Crippen molar-refractivity contribution in [2.75, 3.05) is 0 Å². The van der Waals surface area contributed by atoms with E-state index < -0.39 is 0 Å². The van der Waals surface area contributed by atoms with Gasteiger partial charge in [0.25, 0.3) is 5.22 Å². The molecule has 0 atom stereocenters. The van der Waals surface area contributed by atoms with Crippen LogP contribution >= 0.6 is 35.0 Å². The maximum atomic E-state index is 6.12. The smallest absolute Gasteiger partial charge is 0.277 e. The van der Waals surface area contributed by atoms with Crippen LogP contribution in [0.1, 0.15) is 25.7 Å². The summed E-state index contributed by atoms with van der Waals surface area (Å²) in [5.74, 6) is 0.446. The fraction of sp³-hybridized carbons (Fsp3) is 0.385. The van der Waals surface area contributed by atoms with Crippen molar-refractivity contribution in [1.82, 2.24) is 10.2 Å². The highest BCUT2D eigenvalue weighted by molar-refractivity contribution is 7.99. The zero-order chi connectivity index (χ0) is 13.2. The molecule has 0 amide bonds. The van der Waals surface area contributed by atoms with Gasteiger partial charge in [0.05, 0.1) is 10.6 Å². The number of rotatable bonds is 3. The standard InChI is InChI=1S/C13H12Cl2N2OS/c14-8-5-6-10(11(15)7-8)12-16-17-13(18-12)19-9-3-1-2-4-9/h5-7,9H,1-4H2. The lowest BCUT2D eigenvalue weighted by molar-refractivity contribution is 0.464. The topological polar surface area (TPSA) is 38.9 Å². The third-order valence-electron chi connectivity index (χ3n) is 3.14. The molecule has 0 spiro atoms. The molecule has 1 aliphatic rings. The highest BCUT2D eigenvalue weighted by Gasteiger charge is 2.20. The molecule has 3 nitrogen and oxygen atoms in total. The predicted octanol–water partition coefficient (Wildman–Crippen LogP) is 5.08. The normalized spacial score (nSPS) is 16.1. The Labute approximate surface area is 125 Å². The Hall–Kier alpha value is -0.710. The van der Waals surface area contributed by atoms with Crippen LogP contribution in [0.5, 0.6) is 0 Å². The Morgan fingerprint density at radius 2 is 1.95 bits per heavy atom. The zero-order valence-corrected chi connectivity index (χ0v) is 12.4. The van der Waals surface area contributed by atoms with Gasteiger partial charge in [0.15, 0.2) is 0 Å². The van der Waals surface area contributed by atoms with E-state index in [0.29, 0.717) is 26.4 Å². The Morgan fingerprint density at radius 3 is 2.68 bits per heavy atom. The third-order valence-corrected chi connectivity index (χ3v) is 4.86. The van der Waals surface area contributed by atoms with Crippen LogP contribution in [0, 0.1) is 0 Å². The van der Waals surface area contributed by atoms with E-state index in [0.717, 1.165) is 5.56 Å². The number of hydrogen-bond donors (Lipinski definition) is 0. The summed E-state index contributed by atoms with van der Waals surface area (Å²) in [6, 6.07) is 5.23. The summed E-state index contributed by atoms with van der Waals surface area (Å²) in [6.07, 6.45) is 5.04. The number of aromatic nitrogens is 2. The van der Waals surface area contributed by atoms with Gasteiger partial charge in [0, 0.05) is 10.3 Å². The van der Waals surface area contributed by atoms with Crippen LogP contribution in [0.15, 0.2) is 27.8 Å². The van der Waals surface area contributed by atoms with E-state index in [1.807, 2.05) is 0 Å². The van der Waals surface area contributed by atoms with E-state index in [2.05, 4.69) is 10.2 Å². The number of benzene rings is 1. The van der Waals surface area contributed by atoms with Crippen molar-refractivity contribution < 1.29 is 4.42 Å².